The van der Waals surface area contributed by atoms with Crippen LogP contribution in [0.5, 0.6) is 5.75 Å². The van der Waals surface area contributed by atoms with Gasteiger partial charge < -0.3 is 9.64 Å². The molecular formula is C17H25NO2. The Morgan fingerprint density at radius 3 is 2.60 bits per heavy atom. The lowest BCUT2D eigenvalue weighted by Gasteiger charge is -2.24. The van der Waals surface area contributed by atoms with Crippen LogP contribution < -0.4 is 4.74 Å². The summed E-state index contributed by atoms with van der Waals surface area (Å²) in [5.41, 5.74) is 1.17. The second-order valence-corrected chi connectivity index (χ2v) is 6.04. The van der Waals surface area contributed by atoms with Crippen LogP contribution in [0, 0.1) is 18.8 Å². The summed E-state index contributed by atoms with van der Waals surface area (Å²) in [4.78, 5) is 14.2. The maximum atomic E-state index is 12.3. The Bertz CT molecular complexity index is 441. The van der Waals surface area contributed by atoms with E-state index in [0.29, 0.717) is 17.6 Å². The highest BCUT2D eigenvalue weighted by Gasteiger charge is 2.25. The highest BCUT2D eigenvalue weighted by molar-refractivity contribution is 5.70. The first-order chi connectivity index (χ1) is 9.58. The molecule has 0 aromatic heterocycles. The second-order valence-electron chi connectivity index (χ2n) is 6.04. The van der Waals surface area contributed by atoms with Crippen molar-refractivity contribution >= 4 is 6.09 Å². The number of hydrogen-bond acceptors (Lipinski definition) is 2. The van der Waals surface area contributed by atoms with Gasteiger partial charge in [0.1, 0.15) is 5.75 Å². The molecule has 1 aliphatic heterocycles. The molecule has 2 unspecified atom stereocenters. The van der Waals surface area contributed by atoms with Gasteiger partial charge in [-0.15, -0.1) is 0 Å². The number of rotatable bonds is 2. The highest BCUT2D eigenvalue weighted by Crippen LogP contribution is 2.23. The van der Waals surface area contributed by atoms with E-state index in [1.807, 2.05) is 36.1 Å². The average Bonchev–Trinajstić information content (AvgIpc) is 2.63. The van der Waals surface area contributed by atoms with Gasteiger partial charge in [0.05, 0.1) is 0 Å². The molecule has 2 rings (SSSR count). The van der Waals surface area contributed by atoms with Crippen LogP contribution in [0.2, 0.25) is 0 Å². The van der Waals surface area contributed by atoms with Gasteiger partial charge >= 0.3 is 6.09 Å². The van der Waals surface area contributed by atoms with Gasteiger partial charge in [0, 0.05) is 13.1 Å². The van der Waals surface area contributed by atoms with E-state index in [4.69, 9.17) is 4.74 Å². The standard InChI is InChI=1S/C17H25NO2/c1-4-15-8-5-14(3)11-18(12-15)17(19)20-16-9-6-13(2)7-10-16/h6-7,9-10,14-15H,4-5,8,11-12H2,1-3H3. The number of amides is 1. The highest BCUT2D eigenvalue weighted by atomic mass is 16.6. The third-order valence-electron chi connectivity index (χ3n) is 4.14. The molecule has 20 heavy (non-hydrogen) atoms. The third kappa shape index (κ3) is 3.99. The van der Waals surface area contributed by atoms with Crippen molar-refractivity contribution in [3.63, 3.8) is 0 Å². The predicted octanol–water partition coefficient (Wildman–Crippen LogP) is 4.25. The Kier molecular flexibility index (Phi) is 5.05. The molecule has 110 valence electrons. The van der Waals surface area contributed by atoms with E-state index in [0.717, 1.165) is 19.5 Å². The third-order valence-corrected chi connectivity index (χ3v) is 4.14. The van der Waals surface area contributed by atoms with Crippen molar-refractivity contribution in [1.82, 2.24) is 4.90 Å². The molecule has 1 amide bonds. The van der Waals surface area contributed by atoms with E-state index < -0.39 is 0 Å². The average molecular weight is 275 g/mol. The Labute approximate surface area is 121 Å². The fourth-order valence-electron chi connectivity index (χ4n) is 2.72. The monoisotopic (exact) mass is 275 g/mol. The van der Waals surface area contributed by atoms with Crippen molar-refractivity contribution in [2.24, 2.45) is 11.8 Å². The zero-order valence-electron chi connectivity index (χ0n) is 12.8. The van der Waals surface area contributed by atoms with Crippen molar-refractivity contribution in [2.45, 2.75) is 40.0 Å². The van der Waals surface area contributed by atoms with Gasteiger partial charge in [0.15, 0.2) is 0 Å². The minimum absolute atomic E-state index is 0.207. The Morgan fingerprint density at radius 2 is 1.95 bits per heavy atom. The molecule has 1 fully saturated rings. The van der Waals surface area contributed by atoms with Gasteiger partial charge in [-0.3, -0.25) is 0 Å². The van der Waals surface area contributed by atoms with E-state index in [2.05, 4.69) is 13.8 Å². The van der Waals surface area contributed by atoms with Crippen molar-refractivity contribution < 1.29 is 9.53 Å². The Balaban J connectivity index is 2.00. The molecule has 0 aliphatic carbocycles. The van der Waals surface area contributed by atoms with Gasteiger partial charge in [-0.2, -0.15) is 0 Å². The van der Waals surface area contributed by atoms with Crippen molar-refractivity contribution in [3.8, 4) is 5.75 Å². The van der Waals surface area contributed by atoms with Crippen LogP contribution in [0.3, 0.4) is 0 Å². The second kappa shape index (κ2) is 6.78. The number of carbonyl (C=O) groups excluding carboxylic acids is 1. The number of aryl methyl sites for hydroxylation is 1. The maximum Gasteiger partial charge on any atom is 0.415 e. The molecule has 3 nitrogen and oxygen atoms in total. The molecule has 0 N–H and O–H groups in total. The Hall–Kier alpha value is -1.51. The van der Waals surface area contributed by atoms with Crippen LogP contribution in [0.15, 0.2) is 24.3 Å². The topological polar surface area (TPSA) is 29.5 Å². The smallest absolute Gasteiger partial charge is 0.410 e. The number of ether oxygens (including phenoxy) is 1. The van der Waals surface area contributed by atoms with E-state index >= 15 is 0 Å². The van der Waals surface area contributed by atoms with Crippen molar-refractivity contribution in [1.29, 1.82) is 0 Å². The molecule has 1 aromatic rings. The van der Waals surface area contributed by atoms with Crippen LogP contribution in [0.1, 0.15) is 38.7 Å². The lowest BCUT2D eigenvalue weighted by Crippen LogP contribution is -2.38. The summed E-state index contributed by atoms with van der Waals surface area (Å²) in [6.45, 7) is 8.06. The first kappa shape index (κ1) is 14.9. The molecular weight excluding hydrogens is 250 g/mol. The van der Waals surface area contributed by atoms with Crippen LogP contribution in [-0.2, 0) is 0 Å². The lowest BCUT2D eigenvalue weighted by molar-refractivity contribution is 0.142. The van der Waals surface area contributed by atoms with E-state index in [1.165, 1.54) is 18.4 Å². The molecule has 1 saturated heterocycles. The summed E-state index contributed by atoms with van der Waals surface area (Å²) in [7, 11) is 0. The molecule has 1 heterocycles. The molecule has 2 atom stereocenters. The van der Waals surface area contributed by atoms with Crippen LogP contribution in [-0.4, -0.2) is 24.1 Å². The molecule has 0 radical (unpaired) electrons. The summed E-state index contributed by atoms with van der Waals surface area (Å²) in [5.74, 6) is 1.79. The molecule has 0 saturated carbocycles. The van der Waals surface area contributed by atoms with Gasteiger partial charge in [-0.25, -0.2) is 4.79 Å². The summed E-state index contributed by atoms with van der Waals surface area (Å²) in [6.07, 6.45) is 3.33. The molecule has 1 aliphatic rings. The molecule has 1 aromatic carbocycles. The normalized spacial score (nSPS) is 23.2. The van der Waals surface area contributed by atoms with E-state index in [-0.39, 0.29) is 6.09 Å². The minimum atomic E-state index is -0.207. The van der Waals surface area contributed by atoms with Crippen LogP contribution >= 0.6 is 0 Å². The fraction of sp³-hybridized carbons (Fsp3) is 0.588. The first-order valence-electron chi connectivity index (χ1n) is 7.62. The van der Waals surface area contributed by atoms with E-state index in [1.54, 1.807) is 0 Å². The van der Waals surface area contributed by atoms with Crippen molar-refractivity contribution in [2.75, 3.05) is 13.1 Å². The quantitative estimate of drug-likeness (QED) is 0.807. The summed E-state index contributed by atoms with van der Waals surface area (Å²) >= 11 is 0. The number of benzene rings is 1. The summed E-state index contributed by atoms with van der Waals surface area (Å²) in [5, 5.41) is 0. The predicted molar refractivity (Wildman–Crippen MR) is 81.0 cm³/mol. The van der Waals surface area contributed by atoms with Gasteiger partial charge in [-0.05, 0) is 43.7 Å². The lowest BCUT2D eigenvalue weighted by atomic mass is 9.97. The van der Waals surface area contributed by atoms with Gasteiger partial charge in [-0.1, -0.05) is 38.0 Å². The molecule has 0 bridgehead atoms. The zero-order chi connectivity index (χ0) is 14.5. The molecule has 3 heteroatoms. The van der Waals surface area contributed by atoms with Crippen LogP contribution in [0.4, 0.5) is 4.79 Å². The number of carbonyl (C=O) groups is 1. The number of nitrogens with zero attached hydrogens (tertiary/aromatic N) is 1. The van der Waals surface area contributed by atoms with Gasteiger partial charge in [0.25, 0.3) is 0 Å². The molecule has 0 spiro atoms. The summed E-state index contributed by atoms with van der Waals surface area (Å²) < 4.78 is 5.49. The SMILES string of the molecule is CCC1CCC(C)CN(C(=O)Oc2ccc(C)cc2)C1. The first-order valence-corrected chi connectivity index (χ1v) is 7.62. The van der Waals surface area contributed by atoms with Crippen LogP contribution in [0.25, 0.3) is 0 Å². The zero-order valence-corrected chi connectivity index (χ0v) is 12.8. The van der Waals surface area contributed by atoms with E-state index in [9.17, 15) is 4.79 Å². The van der Waals surface area contributed by atoms with Crippen molar-refractivity contribution in [3.05, 3.63) is 29.8 Å². The summed E-state index contributed by atoms with van der Waals surface area (Å²) in [6, 6.07) is 7.63. The maximum absolute atomic E-state index is 12.3. The Morgan fingerprint density at radius 1 is 1.25 bits per heavy atom. The fourth-order valence-corrected chi connectivity index (χ4v) is 2.72. The van der Waals surface area contributed by atoms with Gasteiger partial charge in [0.2, 0.25) is 0 Å². The number of likely N-dealkylation sites (tertiary alicyclic amines) is 1. The number of hydrogen-bond donors (Lipinski definition) is 0. The largest absolute Gasteiger partial charge is 0.415 e. The minimum Gasteiger partial charge on any atom is -0.410 e.